The number of aromatic hydroxyl groups is 2. The average Bonchev–Trinajstić information content (AvgIpc) is 3.25. The summed E-state index contributed by atoms with van der Waals surface area (Å²) in [6, 6.07) is 34.2. The lowest BCUT2D eigenvalue weighted by Crippen LogP contribution is -2.61. The minimum atomic E-state index is -0.994. The van der Waals surface area contributed by atoms with Crippen LogP contribution in [0.5, 0.6) is 11.5 Å². The average molecular weight is 807 g/mol. The van der Waals surface area contributed by atoms with Crippen LogP contribution in [0.4, 0.5) is 0 Å². The Hall–Kier alpha value is -5.07. The predicted octanol–water partition coefficient (Wildman–Crippen LogP) is 9.25. The number of rotatable bonds is 23. The summed E-state index contributed by atoms with van der Waals surface area (Å²) in [6.45, 7) is 5.77. The predicted molar refractivity (Wildman–Crippen MR) is 227 cm³/mol. The fraction of sp³-hybridized carbons (Fsp3) is 0.367. The van der Waals surface area contributed by atoms with E-state index in [1.807, 2.05) is 105 Å². The van der Waals surface area contributed by atoms with E-state index in [0.717, 1.165) is 40.7 Å². The maximum Gasteiger partial charge on any atom is 0.331 e. The molecule has 4 aromatic carbocycles. The summed E-state index contributed by atoms with van der Waals surface area (Å²) in [7, 11) is 1.61. The molecule has 10 heteroatoms. The van der Waals surface area contributed by atoms with Gasteiger partial charge in [0.25, 0.3) is 0 Å². The van der Waals surface area contributed by atoms with Gasteiger partial charge in [0.1, 0.15) is 35.9 Å². The number of benzene rings is 4. The maximum atomic E-state index is 11.9. The van der Waals surface area contributed by atoms with Crippen LogP contribution < -0.4 is 0 Å². The number of hydrogen-bond donors (Lipinski definition) is 3. The lowest BCUT2D eigenvalue weighted by Gasteiger charge is -2.45. The van der Waals surface area contributed by atoms with Gasteiger partial charge >= 0.3 is 5.97 Å². The second kappa shape index (κ2) is 24.1. The molecule has 314 valence electrons. The number of phenols is 2. The van der Waals surface area contributed by atoms with Gasteiger partial charge in [0.05, 0.1) is 33.0 Å². The molecule has 1 unspecified atom stereocenters. The van der Waals surface area contributed by atoms with Crippen molar-refractivity contribution in [2.24, 2.45) is 0 Å². The third kappa shape index (κ3) is 14.9. The van der Waals surface area contributed by atoms with Crippen LogP contribution in [0.15, 0.2) is 144 Å². The van der Waals surface area contributed by atoms with Crippen molar-refractivity contribution < 1.29 is 48.5 Å². The third-order valence-corrected chi connectivity index (χ3v) is 10.1. The van der Waals surface area contributed by atoms with E-state index >= 15 is 0 Å². The number of methoxy groups -OCH3 is 1. The topological polar surface area (TPSA) is 133 Å². The Kier molecular flexibility index (Phi) is 18.4. The highest BCUT2D eigenvalue weighted by molar-refractivity contribution is 5.86. The quantitative estimate of drug-likeness (QED) is 0.0379. The van der Waals surface area contributed by atoms with Crippen molar-refractivity contribution in [1.82, 2.24) is 0 Å². The van der Waals surface area contributed by atoms with Crippen molar-refractivity contribution in [3.05, 3.63) is 166 Å². The van der Waals surface area contributed by atoms with Crippen molar-refractivity contribution in [3.63, 3.8) is 0 Å². The van der Waals surface area contributed by atoms with Gasteiger partial charge in [-0.1, -0.05) is 120 Å². The Morgan fingerprint density at radius 3 is 1.80 bits per heavy atom. The van der Waals surface area contributed by atoms with Gasteiger partial charge in [-0.05, 0) is 80.8 Å². The Balaban J connectivity index is 1.19. The molecule has 0 radical (unpaired) electrons. The summed E-state index contributed by atoms with van der Waals surface area (Å²) in [4.78, 5) is 11.9. The summed E-state index contributed by atoms with van der Waals surface area (Å²) in [5.41, 5.74) is 6.05. The lowest BCUT2D eigenvalue weighted by atomic mass is 9.97. The number of allylic oxidation sites excluding steroid dienone is 4. The van der Waals surface area contributed by atoms with Gasteiger partial charge in [-0.15, -0.1) is 0 Å². The van der Waals surface area contributed by atoms with Crippen LogP contribution in [-0.2, 0) is 59.5 Å². The van der Waals surface area contributed by atoms with Crippen molar-refractivity contribution in [3.8, 4) is 11.5 Å². The molecule has 0 aliphatic carbocycles. The molecule has 1 saturated heterocycles. The zero-order chi connectivity index (χ0) is 41.8. The molecule has 4 aromatic rings. The molecule has 3 N–H and O–H groups in total. The highest BCUT2D eigenvalue weighted by Gasteiger charge is 2.48. The monoisotopic (exact) mass is 806 g/mol. The molecule has 0 amide bonds. The number of carboxylic acid groups (broad SMARTS) is 1. The van der Waals surface area contributed by atoms with E-state index in [1.165, 1.54) is 18.2 Å². The molecular formula is C49H58O10. The van der Waals surface area contributed by atoms with Crippen molar-refractivity contribution >= 4 is 5.97 Å². The third-order valence-electron chi connectivity index (χ3n) is 10.1. The lowest BCUT2D eigenvalue weighted by molar-refractivity contribution is -0.322. The number of carbonyl (C=O) groups is 1. The van der Waals surface area contributed by atoms with Crippen LogP contribution in [0, 0.1) is 0 Å². The van der Waals surface area contributed by atoms with E-state index < -0.39 is 36.7 Å². The molecule has 1 heterocycles. The molecule has 10 nitrogen and oxygen atoms in total. The fourth-order valence-corrected chi connectivity index (χ4v) is 6.85. The van der Waals surface area contributed by atoms with Gasteiger partial charge in [0.15, 0.2) is 6.29 Å². The second-order valence-electron chi connectivity index (χ2n) is 14.8. The van der Waals surface area contributed by atoms with Crippen LogP contribution in [0.3, 0.4) is 0 Å². The van der Waals surface area contributed by atoms with E-state index in [2.05, 4.69) is 12.2 Å². The van der Waals surface area contributed by atoms with Crippen molar-refractivity contribution in [2.45, 2.75) is 96.5 Å². The highest BCUT2D eigenvalue weighted by Crippen LogP contribution is 2.31. The van der Waals surface area contributed by atoms with Gasteiger partial charge < -0.3 is 43.7 Å². The summed E-state index contributed by atoms with van der Waals surface area (Å²) in [5, 5.41) is 29.5. The number of aliphatic carboxylic acids is 1. The normalized spacial score (nSPS) is 20.1. The molecule has 1 aliphatic rings. The Bertz CT molecular complexity index is 1940. The fourth-order valence-electron chi connectivity index (χ4n) is 6.85. The molecule has 0 spiro atoms. The van der Waals surface area contributed by atoms with Crippen LogP contribution in [0.25, 0.3) is 0 Å². The van der Waals surface area contributed by atoms with E-state index in [1.54, 1.807) is 13.2 Å². The van der Waals surface area contributed by atoms with Crippen molar-refractivity contribution in [1.29, 1.82) is 0 Å². The Morgan fingerprint density at radius 2 is 1.22 bits per heavy atom. The zero-order valence-corrected chi connectivity index (χ0v) is 34.3. The van der Waals surface area contributed by atoms with Crippen LogP contribution in [-0.4, -0.2) is 72.3 Å². The standard InChI is InChI=1S/C49H58O10/c1-35(16-14-24-40(48(52)53)25-26-41-29-42(50)27-28-43(41)51)15-13-17-36(2)30-55-34-44-45(56-31-37-18-7-4-8-19-37)46(57-32-38-20-9-5-10-21-38)47(49(54-3)59-44)58-33-39-22-11-6-12-23-39/h4-12,16-23,25,27-29,44-47,49-51H,13-15,24,26,30-34H2,1-3H3,(H,52,53)/t44-,45-,46+,47-,49?/m1/s1. The number of phenolic OH excluding ortho intramolecular Hbond substituents is 2. The minimum absolute atomic E-state index is 0.0172. The molecule has 0 saturated carbocycles. The first kappa shape index (κ1) is 45.0. The van der Waals surface area contributed by atoms with Crippen LogP contribution in [0.2, 0.25) is 0 Å². The Labute approximate surface area is 348 Å². The molecule has 0 bridgehead atoms. The molecule has 59 heavy (non-hydrogen) atoms. The molecule has 1 aliphatic heterocycles. The van der Waals surface area contributed by atoms with Crippen LogP contribution >= 0.6 is 0 Å². The minimum Gasteiger partial charge on any atom is -0.508 e. The van der Waals surface area contributed by atoms with Crippen LogP contribution in [0.1, 0.15) is 61.8 Å². The number of carboxylic acids is 1. The number of ether oxygens (including phenoxy) is 6. The van der Waals surface area contributed by atoms with E-state index in [4.69, 9.17) is 28.4 Å². The van der Waals surface area contributed by atoms with E-state index in [9.17, 15) is 20.1 Å². The SMILES string of the molecule is COC1O[C@H](COCC(C)=CCCC(C)=CCCC(=CCc2cc(O)ccc2O)C(=O)O)[C@@H](OCc2ccccc2)[C@H](OCc2ccccc2)[C@H]1OCc1ccccc1. The first-order valence-corrected chi connectivity index (χ1v) is 20.2. The molecular weight excluding hydrogens is 749 g/mol. The van der Waals surface area contributed by atoms with Gasteiger partial charge in [0.2, 0.25) is 0 Å². The largest absolute Gasteiger partial charge is 0.508 e. The van der Waals surface area contributed by atoms with Gasteiger partial charge in [-0.2, -0.15) is 0 Å². The highest BCUT2D eigenvalue weighted by atomic mass is 16.7. The summed E-state index contributed by atoms with van der Waals surface area (Å²) < 4.78 is 38.7. The Morgan fingerprint density at radius 1 is 0.678 bits per heavy atom. The van der Waals surface area contributed by atoms with Crippen molar-refractivity contribution in [2.75, 3.05) is 20.3 Å². The smallest absolute Gasteiger partial charge is 0.331 e. The number of hydrogen-bond acceptors (Lipinski definition) is 9. The van der Waals surface area contributed by atoms with E-state index in [0.29, 0.717) is 44.8 Å². The van der Waals surface area contributed by atoms with Gasteiger partial charge in [-0.3, -0.25) is 0 Å². The van der Waals surface area contributed by atoms with Gasteiger partial charge in [-0.25, -0.2) is 4.79 Å². The maximum absolute atomic E-state index is 11.9. The first-order valence-electron chi connectivity index (χ1n) is 20.2. The first-order chi connectivity index (χ1) is 28.7. The molecule has 5 atom stereocenters. The molecule has 0 aromatic heterocycles. The summed E-state index contributed by atoms with van der Waals surface area (Å²) >= 11 is 0. The molecule has 1 fully saturated rings. The second-order valence-corrected chi connectivity index (χ2v) is 14.8. The molecule has 5 rings (SSSR count). The summed E-state index contributed by atoms with van der Waals surface area (Å²) in [5.74, 6) is -0.958. The zero-order valence-electron chi connectivity index (χ0n) is 34.3. The summed E-state index contributed by atoms with van der Waals surface area (Å²) in [6.07, 6.45) is 5.66. The van der Waals surface area contributed by atoms with E-state index in [-0.39, 0.29) is 30.1 Å². The van der Waals surface area contributed by atoms with Gasteiger partial charge in [0, 0.05) is 18.2 Å².